The number of anilines is 1. The minimum atomic E-state index is -0.464. The van der Waals surface area contributed by atoms with Crippen LogP contribution in [0.4, 0.5) is 5.69 Å². The summed E-state index contributed by atoms with van der Waals surface area (Å²) in [6.45, 7) is 1.29. The van der Waals surface area contributed by atoms with E-state index in [0.717, 1.165) is 10.2 Å². The summed E-state index contributed by atoms with van der Waals surface area (Å²) in [6, 6.07) is 13.4. The molecular weight excluding hydrogens is 404 g/mol. The summed E-state index contributed by atoms with van der Waals surface area (Å²) in [6.07, 6.45) is 0.147. The Kier molecular flexibility index (Phi) is 4.66. The lowest BCUT2D eigenvalue weighted by Crippen LogP contribution is -2.32. The van der Waals surface area contributed by atoms with Gasteiger partial charge in [-0.2, -0.15) is 0 Å². The molecule has 3 heterocycles. The van der Waals surface area contributed by atoms with Gasteiger partial charge < -0.3 is 18.9 Å². The van der Waals surface area contributed by atoms with Crippen molar-refractivity contribution in [3.8, 4) is 11.5 Å². The van der Waals surface area contributed by atoms with Crippen molar-refractivity contribution < 1.29 is 19.1 Å². The second-order valence-corrected chi connectivity index (χ2v) is 8.24. The third-order valence-electron chi connectivity index (χ3n) is 5.31. The summed E-state index contributed by atoms with van der Waals surface area (Å²) in [5.41, 5.74) is 4.39. The van der Waals surface area contributed by atoms with Crippen molar-refractivity contribution in [3.63, 3.8) is 0 Å². The van der Waals surface area contributed by atoms with Crippen molar-refractivity contribution >= 4 is 39.1 Å². The Morgan fingerprint density at radius 1 is 1.17 bits per heavy atom. The lowest BCUT2D eigenvalue weighted by molar-refractivity contribution is -0.126. The van der Waals surface area contributed by atoms with Crippen LogP contribution >= 0.6 is 11.3 Å². The molecule has 5 rings (SSSR count). The highest BCUT2D eigenvalue weighted by atomic mass is 32.1. The van der Waals surface area contributed by atoms with Crippen molar-refractivity contribution in [2.45, 2.75) is 6.42 Å². The minimum absolute atomic E-state index is 0.0979. The van der Waals surface area contributed by atoms with Gasteiger partial charge in [0.25, 0.3) is 0 Å². The highest BCUT2D eigenvalue weighted by Crippen LogP contribution is 2.36. The second-order valence-electron chi connectivity index (χ2n) is 7.23. The summed E-state index contributed by atoms with van der Waals surface area (Å²) in [4.78, 5) is 27.5. The van der Waals surface area contributed by atoms with Gasteiger partial charge in [0.1, 0.15) is 13.2 Å². The quantitative estimate of drug-likeness (QED) is 0.652. The summed E-state index contributed by atoms with van der Waals surface area (Å²) >= 11 is 1.50. The Morgan fingerprint density at radius 3 is 2.80 bits per heavy atom. The molecule has 0 unspecified atom stereocenters. The number of hydrogen-bond donors (Lipinski definition) is 1. The number of aromatic nitrogens is 1. The second kappa shape index (κ2) is 7.49. The standard InChI is InChI=1S/C21H20N4O4S/c1-24-15-4-2-3-5-18(15)30-21(24)23-22-20(27)13-10-19(26)25(12-13)14-6-7-16-17(11-14)29-9-8-28-16/h2-7,11,13H,8-10,12H2,1H3,(H,22,27)/b23-21-/t13-/m1/s1. The van der Waals surface area contributed by atoms with E-state index in [4.69, 9.17) is 9.47 Å². The van der Waals surface area contributed by atoms with Crippen LogP contribution in [0, 0.1) is 5.92 Å². The number of hydrogen-bond acceptors (Lipinski definition) is 6. The molecule has 154 valence electrons. The normalized spacial score (nSPS) is 18.8. The van der Waals surface area contributed by atoms with Gasteiger partial charge in [-0.3, -0.25) is 9.59 Å². The fourth-order valence-corrected chi connectivity index (χ4v) is 4.69. The van der Waals surface area contributed by atoms with E-state index in [1.165, 1.54) is 11.3 Å². The first-order valence-corrected chi connectivity index (χ1v) is 10.5. The van der Waals surface area contributed by atoms with Gasteiger partial charge >= 0.3 is 0 Å². The van der Waals surface area contributed by atoms with E-state index in [2.05, 4.69) is 10.5 Å². The number of nitrogens with zero attached hydrogens (tertiary/aromatic N) is 3. The SMILES string of the molecule is Cn1/c(=N/NC(=O)[C@@H]2CC(=O)N(c3ccc4c(c3)OCCO4)C2)sc2ccccc21. The van der Waals surface area contributed by atoms with E-state index in [1.54, 1.807) is 17.0 Å². The zero-order valence-corrected chi connectivity index (χ0v) is 17.1. The average Bonchev–Trinajstić information content (AvgIpc) is 3.32. The van der Waals surface area contributed by atoms with Gasteiger partial charge in [-0.05, 0) is 24.3 Å². The largest absolute Gasteiger partial charge is 0.486 e. The third kappa shape index (κ3) is 3.30. The molecule has 1 aromatic heterocycles. The first-order chi connectivity index (χ1) is 14.6. The van der Waals surface area contributed by atoms with Crippen molar-refractivity contribution in [1.29, 1.82) is 0 Å². The molecule has 1 fully saturated rings. The summed E-state index contributed by atoms with van der Waals surface area (Å²) in [5.74, 6) is 0.460. The zero-order valence-electron chi connectivity index (χ0n) is 16.3. The molecule has 2 aliphatic rings. The van der Waals surface area contributed by atoms with Crippen LogP contribution in [0.25, 0.3) is 10.2 Å². The Hall–Kier alpha value is -3.33. The number of amides is 2. The van der Waals surface area contributed by atoms with Gasteiger partial charge in [-0.15, -0.1) is 5.10 Å². The van der Waals surface area contributed by atoms with Crippen LogP contribution in [0.2, 0.25) is 0 Å². The van der Waals surface area contributed by atoms with E-state index in [-0.39, 0.29) is 18.2 Å². The van der Waals surface area contributed by atoms with E-state index in [0.29, 0.717) is 41.7 Å². The first kappa shape index (κ1) is 18.7. The van der Waals surface area contributed by atoms with Crippen molar-refractivity contribution in [3.05, 3.63) is 47.3 Å². The molecule has 1 N–H and O–H groups in total. The number of ether oxygens (including phenoxy) is 2. The Balaban J connectivity index is 1.31. The number of benzene rings is 2. The monoisotopic (exact) mass is 424 g/mol. The summed E-state index contributed by atoms with van der Waals surface area (Å²) in [5, 5.41) is 4.28. The summed E-state index contributed by atoms with van der Waals surface area (Å²) in [7, 11) is 1.91. The number of rotatable bonds is 3. The number of para-hydroxylation sites is 1. The minimum Gasteiger partial charge on any atom is -0.486 e. The predicted molar refractivity (Wildman–Crippen MR) is 112 cm³/mol. The lowest BCUT2D eigenvalue weighted by Gasteiger charge is -2.22. The molecule has 3 aromatic rings. The third-order valence-corrected chi connectivity index (χ3v) is 6.42. The first-order valence-electron chi connectivity index (χ1n) is 9.68. The van der Waals surface area contributed by atoms with Gasteiger partial charge in [0.05, 0.1) is 16.1 Å². The maximum atomic E-state index is 12.7. The van der Waals surface area contributed by atoms with E-state index in [1.807, 2.05) is 41.9 Å². The van der Waals surface area contributed by atoms with Gasteiger partial charge in [-0.1, -0.05) is 23.5 Å². The Morgan fingerprint density at radius 2 is 1.97 bits per heavy atom. The average molecular weight is 424 g/mol. The highest BCUT2D eigenvalue weighted by Gasteiger charge is 2.35. The zero-order chi connectivity index (χ0) is 20.7. The maximum Gasteiger partial charge on any atom is 0.245 e. The van der Waals surface area contributed by atoms with Crippen LogP contribution in [-0.4, -0.2) is 36.1 Å². The van der Waals surface area contributed by atoms with Gasteiger partial charge in [0.2, 0.25) is 16.6 Å². The van der Waals surface area contributed by atoms with Crippen LogP contribution in [0.1, 0.15) is 6.42 Å². The lowest BCUT2D eigenvalue weighted by atomic mass is 10.1. The molecule has 0 aliphatic carbocycles. The number of nitrogens with one attached hydrogen (secondary N) is 1. The molecule has 8 nitrogen and oxygen atoms in total. The number of fused-ring (bicyclic) bond motifs is 2. The van der Waals surface area contributed by atoms with Crippen LogP contribution in [0.3, 0.4) is 0 Å². The molecular formula is C21H20N4O4S. The highest BCUT2D eigenvalue weighted by molar-refractivity contribution is 7.16. The Bertz CT molecular complexity index is 1220. The number of carbonyl (C=O) groups is 2. The fraction of sp³-hybridized carbons (Fsp3) is 0.286. The number of carbonyl (C=O) groups excluding carboxylic acids is 2. The van der Waals surface area contributed by atoms with Crippen LogP contribution in [0.5, 0.6) is 11.5 Å². The van der Waals surface area contributed by atoms with Crippen LogP contribution < -0.4 is 24.6 Å². The molecule has 0 spiro atoms. The number of aryl methyl sites for hydroxylation is 1. The summed E-state index contributed by atoms with van der Waals surface area (Å²) < 4.78 is 14.1. The Labute approximate surface area is 176 Å². The fourth-order valence-electron chi connectivity index (χ4n) is 3.72. The van der Waals surface area contributed by atoms with Crippen LogP contribution in [0.15, 0.2) is 47.6 Å². The molecule has 2 aliphatic heterocycles. The van der Waals surface area contributed by atoms with Gasteiger partial charge in [0, 0.05) is 31.8 Å². The van der Waals surface area contributed by atoms with Crippen molar-refractivity contribution in [2.24, 2.45) is 18.1 Å². The van der Waals surface area contributed by atoms with Crippen molar-refractivity contribution in [1.82, 2.24) is 9.99 Å². The van der Waals surface area contributed by atoms with Crippen molar-refractivity contribution in [2.75, 3.05) is 24.7 Å². The van der Waals surface area contributed by atoms with Gasteiger partial charge in [0.15, 0.2) is 11.5 Å². The van der Waals surface area contributed by atoms with E-state index in [9.17, 15) is 9.59 Å². The smallest absolute Gasteiger partial charge is 0.245 e. The molecule has 0 saturated carbocycles. The van der Waals surface area contributed by atoms with E-state index < -0.39 is 5.92 Å². The molecule has 1 atom stereocenters. The molecule has 1 saturated heterocycles. The molecule has 0 radical (unpaired) electrons. The predicted octanol–water partition coefficient (Wildman–Crippen LogP) is 2.00. The number of thiazole rings is 1. The molecule has 30 heavy (non-hydrogen) atoms. The van der Waals surface area contributed by atoms with E-state index >= 15 is 0 Å². The molecule has 0 bridgehead atoms. The van der Waals surface area contributed by atoms with Crippen LogP contribution in [-0.2, 0) is 16.6 Å². The van der Waals surface area contributed by atoms with Gasteiger partial charge in [-0.25, -0.2) is 5.43 Å². The molecule has 2 aromatic carbocycles. The molecule has 9 heteroatoms. The topological polar surface area (TPSA) is 85.2 Å². The molecule has 2 amide bonds. The maximum absolute atomic E-state index is 12.7.